The van der Waals surface area contributed by atoms with E-state index in [0.717, 1.165) is 42.9 Å². The van der Waals surface area contributed by atoms with Crippen LogP contribution in [0.2, 0.25) is 5.02 Å². The average molecular weight is 407 g/mol. The van der Waals surface area contributed by atoms with E-state index in [4.69, 9.17) is 16.3 Å². The van der Waals surface area contributed by atoms with E-state index in [0.29, 0.717) is 11.6 Å². The molecule has 1 aliphatic heterocycles. The van der Waals surface area contributed by atoms with Gasteiger partial charge in [0, 0.05) is 36.4 Å². The molecule has 1 saturated heterocycles. The van der Waals surface area contributed by atoms with Gasteiger partial charge < -0.3 is 14.7 Å². The average Bonchev–Trinajstić information content (AvgIpc) is 2.69. The fourth-order valence-electron chi connectivity index (χ4n) is 3.64. The van der Waals surface area contributed by atoms with E-state index in [1.54, 1.807) is 13.2 Å². The van der Waals surface area contributed by atoms with Gasteiger partial charge >= 0.3 is 5.97 Å². The number of aliphatic carboxylic acids is 1. The zero-order valence-corrected chi connectivity index (χ0v) is 16.5. The molecule has 0 aliphatic carbocycles. The summed E-state index contributed by atoms with van der Waals surface area (Å²) in [6, 6.07) is 12.3. The number of carboxylic acids is 1. The summed E-state index contributed by atoms with van der Waals surface area (Å²) in [5.41, 5.74) is 1.87. The Labute approximate surface area is 169 Å². The van der Waals surface area contributed by atoms with Crippen molar-refractivity contribution in [2.24, 2.45) is 0 Å². The van der Waals surface area contributed by atoms with Gasteiger partial charge in [-0.15, -0.1) is 0 Å². The first kappa shape index (κ1) is 20.4. The minimum atomic E-state index is -0.879. The Morgan fingerprint density at radius 2 is 1.93 bits per heavy atom. The Morgan fingerprint density at radius 1 is 1.25 bits per heavy atom. The van der Waals surface area contributed by atoms with Crippen molar-refractivity contribution in [3.8, 4) is 5.75 Å². The van der Waals surface area contributed by atoms with Crippen molar-refractivity contribution in [1.29, 1.82) is 0 Å². The van der Waals surface area contributed by atoms with Crippen LogP contribution >= 0.6 is 11.6 Å². The van der Waals surface area contributed by atoms with E-state index in [-0.39, 0.29) is 12.6 Å². The second kappa shape index (κ2) is 9.26. The molecule has 2 aromatic rings. The molecule has 0 amide bonds. The number of ether oxygens (including phenoxy) is 1. The van der Waals surface area contributed by atoms with Crippen molar-refractivity contribution >= 4 is 23.3 Å². The monoisotopic (exact) mass is 406 g/mol. The van der Waals surface area contributed by atoms with Crippen molar-refractivity contribution in [2.45, 2.75) is 25.4 Å². The summed E-state index contributed by atoms with van der Waals surface area (Å²) in [5.74, 6) is -0.454. The van der Waals surface area contributed by atoms with Crippen LogP contribution in [0.15, 0.2) is 42.5 Å². The molecule has 0 bridgehead atoms. The number of rotatable bonds is 7. The molecule has 0 aromatic heterocycles. The molecule has 0 spiro atoms. The molecule has 1 aliphatic rings. The maximum atomic E-state index is 13.3. The van der Waals surface area contributed by atoms with Crippen molar-refractivity contribution in [2.75, 3.05) is 31.6 Å². The third-order valence-corrected chi connectivity index (χ3v) is 5.50. The molecule has 7 heteroatoms. The number of carbonyl (C=O) groups is 1. The summed E-state index contributed by atoms with van der Waals surface area (Å²) in [4.78, 5) is 15.6. The molecule has 0 saturated carbocycles. The first-order valence-corrected chi connectivity index (χ1v) is 9.63. The second-order valence-corrected chi connectivity index (χ2v) is 7.36. The van der Waals surface area contributed by atoms with E-state index in [9.17, 15) is 14.3 Å². The largest absolute Gasteiger partial charge is 0.497 e. The van der Waals surface area contributed by atoms with Gasteiger partial charge in [-0.1, -0.05) is 17.7 Å². The van der Waals surface area contributed by atoms with Crippen LogP contribution in [0.25, 0.3) is 0 Å². The van der Waals surface area contributed by atoms with Crippen LogP contribution in [0.1, 0.15) is 18.4 Å². The number of piperidine rings is 1. The number of hydrogen-bond acceptors (Lipinski definition) is 4. The molecule has 2 aromatic carbocycles. The van der Waals surface area contributed by atoms with Crippen LogP contribution in [-0.2, 0) is 11.3 Å². The number of halogens is 2. The second-order valence-electron chi connectivity index (χ2n) is 6.95. The lowest BCUT2D eigenvalue weighted by molar-refractivity contribution is -0.139. The maximum absolute atomic E-state index is 13.3. The quantitative estimate of drug-likeness (QED) is 0.752. The van der Waals surface area contributed by atoms with E-state index in [2.05, 4.69) is 4.90 Å². The third kappa shape index (κ3) is 5.14. The zero-order chi connectivity index (χ0) is 20.1. The topological polar surface area (TPSA) is 53.0 Å². The predicted octanol–water partition coefficient (Wildman–Crippen LogP) is 4.04. The molecule has 1 N–H and O–H groups in total. The molecule has 1 heterocycles. The van der Waals surface area contributed by atoms with Gasteiger partial charge in [0.15, 0.2) is 0 Å². The number of carboxylic acid groups (broad SMARTS) is 1. The number of anilines is 1. The van der Waals surface area contributed by atoms with Crippen molar-refractivity contribution < 1.29 is 19.0 Å². The molecule has 28 heavy (non-hydrogen) atoms. The van der Waals surface area contributed by atoms with Gasteiger partial charge in [0.05, 0.1) is 13.7 Å². The first-order valence-electron chi connectivity index (χ1n) is 9.25. The highest BCUT2D eigenvalue weighted by molar-refractivity contribution is 6.31. The summed E-state index contributed by atoms with van der Waals surface area (Å²) in [6.07, 6.45) is 1.69. The molecule has 150 valence electrons. The Bertz CT molecular complexity index is 808. The molecular weight excluding hydrogens is 383 g/mol. The van der Waals surface area contributed by atoms with Gasteiger partial charge in [-0.3, -0.25) is 9.69 Å². The normalized spacial score (nSPS) is 15.1. The summed E-state index contributed by atoms with van der Waals surface area (Å²) < 4.78 is 18.5. The van der Waals surface area contributed by atoms with Crippen LogP contribution in [-0.4, -0.2) is 48.8 Å². The van der Waals surface area contributed by atoms with Crippen LogP contribution in [0.5, 0.6) is 5.75 Å². The minimum Gasteiger partial charge on any atom is -0.497 e. The zero-order valence-electron chi connectivity index (χ0n) is 15.8. The Balaban J connectivity index is 1.66. The molecular formula is C21H24ClFN2O3. The van der Waals surface area contributed by atoms with E-state index in [1.165, 1.54) is 12.1 Å². The minimum absolute atomic E-state index is 0.0685. The Hall–Kier alpha value is -2.31. The van der Waals surface area contributed by atoms with Crippen LogP contribution < -0.4 is 9.64 Å². The van der Waals surface area contributed by atoms with Crippen molar-refractivity contribution in [3.63, 3.8) is 0 Å². The SMILES string of the molecule is COc1ccc(N2CCC(N(CC(=O)O)Cc3ccc(F)cc3Cl)CC2)cc1. The van der Waals surface area contributed by atoms with Crippen LogP contribution in [0, 0.1) is 5.82 Å². The smallest absolute Gasteiger partial charge is 0.317 e. The summed E-state index contributed by atoms with van der Waals surface area (Å²) >= 11 is 6.14. The van der Waals surface area contributed by atoms with Crippen molar-refractivity contribution in [3.05, 3.63) is 58.9 Å². The van der Waals surface area contributed by atoms with E-state index >= 15 is 0 Å². The van der Waals surface area contributed by atoms with Crippen LogP contribution in [0.4, 0.5) is 10.1 Å². The Kier molecular flexibility index (Phi) is 6.75. The fourth-order valence-corrected chi connectivity index (χ4v) is 3.87. The standard InChI is InChI=1S/C21H24ClFN2O3/c1-28-19-6-4-17(5-7-19)24-10-8-18(9-11-24)25(14-21(26)27)13-15-2-3-16(23)12-20(15)22/h2-7,12,18H,8-11,13-14H2,1H3,(H,26,27). The number of hydrogen-bond donors (Lipinski definition) is 1. The van der Waals surface area contributed by atoms with Crippen molar-refractivity contribution in [1.82, 2.24) is 4.90 Å². The van der Waals surface area contributed by atoms with E-state index in [1.807, 2.05) is 29.2 Å². The summed E-state index contributed by atoms with van der Waals surface area (Å²) in [6.45, 7) is 1.99. The lowest BCUT2D eigenvalue weighted by atomic mass is 10.0. The third-order valence-electron chi connectivity index (χ3n) is 5.15. The highest BCUT2D eigenvalue weighted by Gasteiger charge is 2.27. The molecule has 1 fully saturated rings. The summed E-state index contributed by atoms with van der Waals surface area (Å²) in [7, 11) is 1.64. The highest BCUT2D eigenvalue weighted by Crippen LogP contribution is 2.27. The van der Waals surface area contributed by atoms with Gasteiger partial charge in [0.25, 0.3) is 0 Å². The molecule has 5 nitrogen and oxygen atoms in total. The Morgan fingerprint density at radius 3 is 2.50 bits per heavy atom. The number of nitrogens with zero attached hydrogens (tertiary/aromatic N) is 2. The van der Waals surface area contributed by atoms with Gasteiger partial charge in [0.1, 0.15) is 11.6 Å². The van der Waals surface area contributed by atoms with Gasteiger partial charge in [-0.25, -0.2) is 4.39 Å². The number of benzene rings is 2. The first-order chi connectivity index (χ1) is 13.5. The fraction of sp³-hybridized carbons (Fsp3) is 0.381. The lowest BCUT2D eigenvalue weighted by Gasteiger charge is -2.39. The highest BCUT2D eigenvalue weighted by atomic mass is 35.5. The van der Waals surface area contributed by atoms with E-state index < -0.39 is 11.8 Å². The van der Waals surface area contributed by atoms with Gasteiger partial charge in [-0.2, -0.15) is 0 Å². The predicted molar refractivity (Wildman–Crippen MR) is 108 cm³/mol. The lowest BCUT2D eigenvalue weighted by Crippen LogP contribution is -2.46. The molecule has 0 radical (unpaired) electrons. The van der Waals surface area contributed by atoms with Crippen LogP contribution in [0.3, 0.4) is 0 Å². The molecule has 3 rings (SSSR count). The number of methoxy groups -OCH3 is 1. The summed E-state index contributed by atoms with van der Waals surface area (Å²) in [5, 5.41) is 9.65. The van der Waals surface area contributed by atoms with Gasteiger partial charge in [0.2, 0.25) is 0 Å². The van der Waals surface area contributed by atoms with Gasteiger partial charge in [-0.05, 0) is 54.8 Å². The molecule has 0 atom stereocenters. The molecule has 0 unspecified atom stereocenters. The maximum Gasteiger partial charge on any atom is 0.317 e.